The SMILES string of the molecule is CC(C)(N)c1cn(-c2ccc(Br)c(I)c2)nn1. The van der Waals surface area contributed by atoms with Gasteiger partial charge < -0.3 is 5.73 Å². The van der Waals surface area contributed by atoms with E-state index in [1.54, 1.807) is 4.68 Å². The minimum Gasteiger partial charge on any atom is -0.320 e. The minimum absolute atomic E-state index is 0.471. The van der Waals surface area contributed by atoms with Crippen LogP contribution in [0.2, 0.25) is 0 Å². The van der Waals surface area contributed by atoms with E-state index in [9.17, 15) is 0 Å². The monoisotopic (exact) mass is 406 g/mol. The minimum atomic E-state index is -0.471. The van der Waals surface area contributed by atoms with E-state index in [1.807, 2.05) is 38.2 Å². The standard InChI is InChI=1S/C11H12BrIN4/c1-11(2,14)10-6-17(16-15-10)7-3-4-8(12)9(13)5-7/h3-6H,14H2,1-2H3. The van der Waals surface area contributed by atoms with Crippen LogP contribution in [-0.4, -0.2) is 15.0 Å². The fourth-order valence-electron chi connectivity index (χ4n) is 1.31. The van der Waals surface area contributed by atoms with Gasteiger partial charge >= 0.3 is 0 Å². The van der Waals surface area contributed by atoms with Crippen LogP contribution < -0.4 is 5.73 Å². The molecule has 2 aromatic rings. The Hall–Kier alpha value is -0.470. The highest BCUT2D eigenvalue weighted by atomic mass is 127. The molecule has 0 saturated carbocycles. The highest BCUT2D eigenvalue weighted by Gasteiger charge is 2.18. The lowest BCUT2D eigenvalue weighted by atomic mass is 10.0. The van der Waals surface area contributed by atoms with E-state index in [1.165, 1.54) is 0 Å². The summed E-state index contributed by atoms with van der Waals surface area (Å²) >= 11 is 5.73. The van der Waals surface area contributed by atoms with Crippen LogP contribution in [0, 0.1) is 3.57 Å². The zero-order valence-corrected chi connectivity index (χ0v) is 13.2. The van der Waals surface area contributed by atoms with E-state index in [-0.39, 0.29) is 0 Å². The Bertz CT molecular complexity index is 545. The van der Waals surface area contributed by atoms with Gasteiger partial charge in [-0.3, -0.25) is 0 Å². The Labute approximate surface area is 122 Å². The molecule has 0 saturated heterocycles. The molecule has 2 N–H and O–H groups in total. The molecule has 0 radical (unpaired) electrons. The van der Waals surface area contributed by atoms with Crippen LogP contribution in [0.25, 0.3) is 5.69 Å². The quantitative estimate of drug-likeness (QED) is 0.780. The third-order valence-corrected chi connectivity index (χ3v) is 4.65. The number of hydrogen-bond acceptors (Lipinski definition) is 3. The van der Waals surface area contributed by atoms with E-state index >= 15 is 0 Å². The molecule has 0 aliphatic carbocycles. The van der Waals surface area contributed by atoms with E-state index in [4.69, 9.17) is 5.73 Å². The average molecular weight is 407 g/mol. The smallest absolute Gasteiger partial charge is 0.102 e. The highest BCUT2D eigenvalue weighted by Crippen LogP contribution is 2.22. The molecule has 0 fully saturated rings. The number of benzene rings is 1. The second-order valence-electron chi connectivity index (χ2n) is 4.37. The summed E-state index contributed by atoms with van der Waals surface area (Å²) in [6.07, 6.45) is 1.86. The van der Waals surface area contributed by atoms with Crippen molar-refractivity contribution < 1.29 is 0 Å². The first kappa shape index (κ1) is 13.0. The van der Waals surface area contributed by atoms with Crippen LogP contribution in [-0.2, 0) is 5.54 Å². The number of nitrogens with zero attached hydrogens (tertiary/aromatic N) is 3. The predicted octanol–water partition coefficient (Wildman–Crippen LogP) is 2.83. The first-order valence-electron chi connectivity index (χ1n) is 5.05. The Morgan fingerprint density at radius 1 is 1.41 bits per heavy atom. The maximum Gasteiger partial charge on any atom is 0.102 e. The number of hydrogen-bond donors (Lipinski definition) is 1. The molecular weight excluding hydrogens is 395 g/mol. The fraction of sp³-hybridized carbons (Fsp3) is 0.273. The van der Waals surface area contributed by atoms with Crippen molar-refractivity contribution in [3.05, 3.63) is 38.1 Å². The van der Waals surface area contributed by atoms with Crippen molar-refractivity contribution in [2.75, 3.05) is 0 Å². The van der Waals surface area contributed by atoms with Crippen LogP contribution in [0.5, 0.6) is 0 Å². The van der Waals surface area contributed by atoms with Crippen LogP contribution in [0.4, 0.5) is 0 Å². The van der Waals surface area contributed by atoms with Gasteiger partial charge in [-0.15, -0.1) is 5.10 Å². The van der Waals surface area contributed by atoms with Gasteiger partial charge in [0.1, 0.15) is 5.69 Å². The van der Waals surface area contributed by atoms with Crippen molar-refractivity contribution in [3.8, 4) is 5.69 Å². The average Bonchev–Trinajstić information content (AvgIpc) is 2.70. The van der Waals surface area contributed by atoms with E-state index in [2.05, 4.69) is 48.8 Å². The van der Waals surface area contributed by atoms with E-state index < -0.39 is 5.54 Å². The molecule has 6 heteroatoms. The van der Waals surface area contributed by atoms with Crippen molar-refractivity contribution >= 4 is 38.5 Å². The van der Waals surface area contributed by atoms with Crippen molar-refractivity contribution in [3.63, 3.8) is 0 Å². The maximum atomic E-state index is 5.98. The van der Waals surface area contributed by atoms with Gasteiger partial charge in [0.05, 0.1) is 17.4 Å². The lowest BCUT2D eigenvalue weighted by Gasteiger charge is -2.13. The number of rotatable bonds is 2. The molecule has 1 aromatic heterocycles. The molecule has 0 unspecified atom stereocenters. The maximum absolute atomic E-state index is 5.98. The van der Waals surface area contributed by atoms with Crippen molar-refractivity contribution in [1.29, 1.82) is 0 Å². The van der Waals surface area contributed by atoms with Gasteiger partial charge in [-0.2, -0.15) is 0 Å². The molecule has 90 valence electrons. The first-order chi connectivity index (χ1) is 7.88. The molecule has 2 rings (SSSR count). The van der Waals surface area contributed by atoms with Crippen molar-refractivity contribution in [2.24, 2.45) is 5.73 Å². The summed E-state index contributed by atoms with van der Waals surface area (Å²) < 4.78 is 3.93. The summed E-state index contributed by atoms with van der Waals surface area (Å²) in [5, 5.41) is 8.18. The lowest BCUT2D eigenvalue weighted by Crippen LogP contribution is -2.29. The summed E-state index contributed by atoms with van der Waals surface area (Å²) in [5.74, 6) is 0. The Balaban J connectivity index is 2.40. The molecule has 0 spiro atoms. The third kappa shape index (κ3) is 2.86. The van der Waals surface area contributed by atoms with Crippen LogP contribution in [0.15, 0.2) is 28.9 Å². The topological polar surface area (TPSA) is 56.7 Å². The Kier molecular flexibility index (Phi) is 3.55. The summed E-state index contributed by atoms with van der Waals surface area (Å²) in [6, 6.07) is 6.01. The zero-order chi connectivity index (χ0) is 12.6. The molecule has 1 heterocycles. The summed E-state index contributed by atoms with van der Waals surface area (Å²) in [7, 11) is 0. The summed E-state index contributed by atoms with van der Waals surface area (Å²) in [6.45, 7) is 3.82. The normalized spacial score (nSPS) is 11.8. The number of halogens is 2. The summed E-state index contributed by atoms with van der Waals surface area (Å²) in [4.78, 5) is 0. The number of aromatic nitrogens is 3. The molecule has 0 amide bonds. The molecule has 0 bridgehead atoms. The van der Waals surface area contributed by atoms with Gasteiger partial charge in [0.15, 0.2) is 0 Å². The molecule has 4 nitrogen and oxygen atoms in total. The third-order valence-electron chi connectivity index (χ3n) is 2.32. The van der Waals surface area contributed by atoms with Crippen molar-refractivity contribution in [1.82, 2.24) is 15.0 Å². The van der Waals surface area contributed by atoms with Gasteiger partial charge in [-0.05, 0) is 70.6 Å². The largest absolute Gasteiger partial charge is 0.320 e. The van der Waals surface area contributed by atoms with Crippen molar-refractivity contribution in [2.45, 2.75) is 19.4 Å². The predicted molar refractivity (Wildman–Crippen MR) is 79.0 cm³/mol. The van der Waals surface area contributed by atoms with Gasteiger partial charge in [0.2, 0.25) is 0 Å². The Morgan fingerprint density at radius 2 is 2.12 bits per heavy atom. The van der Waals surface area contributed by atoms with Gasteiger partial charge in [-0.25, -0.2) is 4.68 Å². The zero-order valence-electron chi connectivity index (χ0n) is 9.48. The fourth-order valence-corrected chi connectivity index (χ4v) is 2.06. The van der Waals surface area contributed by atoms with E-state index in [0.29, 0.717) is 0 Å². The van der Waals surface area contributed by atoms with Crippen LogP contribution in [0.3, 0.4) is 0 Å². The summed E-state index contributed by atoms with van der Waals surface area (Å²) in [5.41, 5.74) is 7.25. The molecule has 0 aliphatic heterocycles. The van der Waals surface area contributed by atoms with E-state index in [0.717, 1.165) is 19.4 Å². The molecule has 0 aliphatic rings. The van der Waals surface area contributed by atoms with Gasteiger partial charge in [-0.1, -0.05) is 5.21 Å². The number of nitrogens with two attached hydrogens (primary N) is 1. The van der Waals surface area contributed by atoms with Crippen LogP contribution in [0.1, 0.15) is 19.5 Å². The molecule has 17 heavy (non-hydrogen) atoms. The first-order valence-corrected chi connectivity index (χ1v) is 6.92. The molecule has 0 atom stereocenters. The second kappa shape index (κ2) is 4.66. The second-order valence-corrected chi connectivity index (χ2v) is 6.38. The van der Waals surface area contributed by atoms with Crippen LogP contribution >= 0.6 is 38.5 Å². The Morgan fingerprint density at radius 3 is 2.65 bits per heavy atom. The molecular formula is C11H12BrIN4. The lowest BCUT2D eigenvalue weighted by molar-refractivity contribution is 0.533. The highest BCUT2D eigenvalue weighted by molar-refractivity contribution is 14.1. The van der Waals surface area contributed by atoms with Gasteiger partial charge in [0.25, 0.3) is 0 Å². The van der Waals surface area contributed by atoms with Gasteiger partial charge in [0, 0.05) is 8.04 Å². The molecule has 1 aromatic carbocycles.